The number of rotatable bonds is 4. The summed E-state index contributed by atoms with van der Waals surface area (Å²) in [5.41, 5.74) is 3.80. The number of nitrogens with one attached hydrogen (secondary N) is 1. The first kappa shape index (κ1) is 14.1. The number of benzene rings is 2. The van der Waals surface area contributed by atoms with E-state index in [2.05, 4.69) is 5.32 Å². The lowest BCUT2D eigenvalue weighted by atomic mass is 10.00. The highest BCUT2D eigenvalue weighted by Gasteiger charge is 2.07. The van der Waals surface area contributed by atoms with E-state index in [-0.39, 0.29) is 5.91 Å². The van der Waals surface area contributed by atoms with Crippen LogP contribution in [0.2, 0.25) is 0 Å². The monoisotopic (exact) mass is 269 g/mol. The number of hydrogen-bond donors (Lipinski definition) is 2. The summed E-state index contributed by atoms with van der Waals surface area (Å²) in [4.78, 5) is 11.9. The molecule has 1 amide bonds. The SMILES string of the molecule is Cc1c(O)ccc(CCNC(=O)c2ccccc2)c1C. The Hall–Kier alpha value is -2.29. The average Bonchev–Trinajstić information content (AvgIpc) is 2.48. The summed E-state index contributed by atoms with van der Waals surface area (Å²) in [5.74, 6) is 0.262. The number of carbonyl (C=O) groups is 1. The van der Waals surface area contributed by atoms with Crippen LogP contribution < -0.4 is 5.32 Å². The third kappa shape index (κ3) is 3.18. The molecule has 0 aliphatic carbocycles. The van der Waals surface area contributed by atoms with Gasteiger partial charge in [-0.3, -0.25) is 4.79 Å². The maximum absolute atomic E-state index is 11.9. The molecule has 0 bridgehead atoms. The van der Waals surface area contributed by atoms with Gasteiger partial charge in [0.15, 0.2) is 0 Å². The van der Waals surface area contributed by atoms with Crippen LogP contribution in [0.3, 0.4) is 0 Å². The van der Waals surface area contributed by atoms with Crippen LogP contribution in [-0.2, 0) is 6.42 Å². The van der Waals surface area contributed by atoms with Gasteiger partial charge < -0.3 is 10.4 Å². The maximum atomic E-state index is 11.9. The molecule has 20 heavy (non-hydrogen) atoms. The van der Waals surface area contributed by atoms with Gasteiger partial charge in [-0.05, 0) is 55.2 Å². The van der Waals surface area contributed by atoms with E-state index in [9.17, 15) is 9.90 Å². The Labute approximate surface area is 119 Å². The van der Waals surface area contributed by atoms with Crippen molar-refractivity contribution in [1.82, 2.24) is 5.32 Å². The van der Waals surface area contributed by atoms with Crippen molar-refractivity contribution >= 4 is 5.91 Å². The predicted molar refractivity (Wildman–Crippen MR) is 80.1 cm³/mol. The third-order valence-electron chi connectivity index (χ3n) is 3.59. The number of phenols is 1. The zero-order chi connectivity index (χ0) is 14.5. The molecule has 2 aromatic rings. The van der Waals surface area contributed by atoms with Gasteiger partial charge in [-0.2, -0.15) is 0 Å². The van der Waals surface area contributed by atoms with E-state index in [1.54, 1.807) is 18.2 Å². The van der Waals surface area contributed by atoms with Crippen molar-refractivity contribution < 1.29 is 9.90 Å². The zero-order valence-corrected chi connectivity index (χ0v) is 11.8. The van der Waals surface area contributed by atoms with Crippen molar-refractivity contribution in [3.8, 4) is 5.75 Å². The van der Waals surface area contributed by atoms with E-state index in [1.807, 2.05) is 38.1 Å². The Morgan fingerprint density at radius 2 is 1.75 bits per heavy atom. The summed E-state index contributed by atoms with van der Waals surface area (Å²) in [5, 5.41) is 12.5. The normalized spacial score (nSPS) is 10.3. The second kappa shape index (κ2) is 6.24. The fraction of sp³-hybridized carbons (Fsp3) is 0.235. The van der Waals surface area contributed by atoms with Gasteiger partial charge >= 0.3 is 0 Å². The van der Waals surface area contributed by atoms with Crippen LogP contribution in [0.4, 0.5) is 0 Å². The Kier molecular flexibility index (Phi) is 4.41. The molecular weight excluding hydrogens is 250 g/mol. The Morgan fingerprint density at radius 1 is 1.05 bits per heavy atom. The summed E-state index contributed by atoms with van der Waals surface area (Å²) in [7, 11) is 0. The average molecular weight is 269 g/mol. The minimum absolute atomic E-state index is 0.0567. The first-order chi connectivity index (χ1) is 9.59. The van der Waals surface area contributed by atoms with Gasteiger partial charge in [0, 0.05) is 12.1 Å². The highest BCUT2D eigenvalue weighted by atomic mass is 16.3. The van der Waals surface area contributed by atoms with Gasteiger partial charge in [0.1, 0.15) is 5.75 Å². The lowest BCUT2D eigenvalue weighted by Crippen LogP contribution is -2.25. The van der Waals surface area contributed by atoms with E-state index in [0.29, 0.717) is 17.9 Å². The third-order valence-corrected chi connectivity index (χ3v) is 3.59. The number of phenolic OH excluding ortho intramolecular Hbond substituents is 1. The first-order valence-electron chi connectivity index (χ1n) is 6.71. The van der Waals surface area contributed by atoms with Crippen LogP contribution in [0.15, 0.2) is 42.5 Å². The molecule has 0 saturated carbocycles. The summed E-state index contributed by atoms with van der Waals surface area (Å²) in [6.45, 7) is 4.47. The Balaban J connectivity index is 1.94. The molecule has 0 fully saturated rings. The van der Waals surface area contributed by atoms with E-state index in [0.717, 1.165) is 23.1 Å². The van der Waals surface area contributed by atoms with E-state index in [1.165, 1.54) is 0 Å². The lowest BCUT2D eigenvalue weighted by Gasteiger charge is -2.11. The van der Waals surface area contributed by atoms with Gasteiger partial charge in [-0.25, -0.2) is 0 Å². The Morgan fingerprint density at radius 3 is 2.45 bits per heavy atom. The number of amides is 1. The molecule has 0 atom stereocenters. The first-order valence-corrected chi connectivity index (χ1v) is 6.71. The fourth-order valence-electron chi connectivity index (χ4n) is 2.14. The zero-order valence-electron chi connectivity index (χ0n) is 11.8. The van der Waals surface area contributed by atoms with Crippen molar-refractivity contribution in [3.05, 3.63) is 64.7 Å². The highest BCUT2D eigenvalue weighted by molar-refractivity contribution is 5.94. The van der Waals surface area contributed by atoms with Crippen molar-refractivity contribution in [2.45, 2.75) is 20.3 Å². The second-order valence-electron chi connectivity index (χ2n) is 4.87. The molecule has 2 aromatic carbocycles. The van der Waals surface area contributed by atoms with Gasteiger partial charge in [-0.1, -0.05) is 24.3 Å². The van der Waals surface area contributed by atoms with Gasteiger partial charge in [0.25, 0.3) is 5.91 Å². The topological polar surface area (TPSA) is 49.3 Å². The molecule has 0 radical (unpaired) electrons. The van der Waals surface area contributed by atoms with Gasteiger partial charge in [0.05, 0.1) is 0 Å². The minimum Gasteiger partial charge on any atom is -0.508 e. The quantitative estimate of drug-likeness (QED) is 0.896. The molecule has 0 aliphatic heterocycles. The van der Waals surface area contributed by atoms with Crippen LogP contribution in [0.1, 0.15) is 27.0 Å². The van der Waals surface area contributed by atoms with Crippen LogP contribution in [0, 0.1) is 13.8 Å². The number of aromatic hydroxyl groups is 1. The van der Waals surface area contributed by atoms with E-state index in [4.69, 9.17) is 0 Å². The van der Waals surface area contributed by atoms with Gasteiger partial charge in [-0.15, -0.1) is 0 Å². The van der Waals surface area contributed by atoms with Gasteiger partial charge in [0.2, 0.25) is 0 Å². The number of hydrogen-bond acceptors (Lipinski definition) is 2. The molecule has 3 nitrogen and oxygen atoms in total. The molecule has 0 spiro atoms. The molecule has 0 heterocycles. The van der Waals surface area contributed by atoms with Crippen LogP contribution in [-0.4, -0.2) is 17.6 Å². The molecule has 2 rings (SSSR count). The summed E-state index contributed by atoms with van der Waals surface area (Å²) in [6.07, 6.45) is 0.755. The fourth-order valence-corrected chi connectivity index (χ4v) is 2.14. The molecule has 0 saturated heterocycles. The van der Waals surface area contributed by atoms with Crippen LogP contribution in [0.25, 0.3) is 0 Å². The largest absolute Gasteiger partial charge is 0.508 e. The molecule has 2 N–H and O–H groups in total. The molecule has 0 aliphatic rings. The molecule has 0 aromatic heterocycles. The molecule has 0 unspecified atom stereocenters. The molecule has 104 valence electrons. The van der Waals surface area contributed by atoms with Crippen molar-refractivity contribution in [2.75, 3.05) is 6.54 Å². The second-order valence-corrected chi connectivity index (χ2v) is 4.87. The van der Waals surface area contributed by atoms with Crippen LogP contribution >= 0.6 is 0 Å². The number of carbonyl (C=O) groups excluding carboxylic acids is 1. The minimum atomic E-state index is -0.0567. The standard InChI is InChI=1S/C17H19NO2/c1-12-13(2)16(19)9-8-14(12)10-11-18-17(20)15-6-4-3-5-7-15/h3-9,19H,10-11H2,1-2H3,(H,18,20). The Bertz CT molecular complexity index is 606. The van der Waals surface area contributed by atoms with E-state index >= 15 is 0 Å². The lowest BCUT2D eigenvalue weighted by molar-refractivity contribution is 0.0954. The molecule has 3 heteroatoms. The van der Waals surface area contributed by atoms with Crippen LogP contribution in [0.5, 0.6) is 5.75 Å². The summed E-state index contributed by atoms with van der Waals surface area (Å²) in [6, 6.07) is 12.8. The summed E-state index contributed by atoms with van der Waals surface area (Å²) >= 11 is 0. The predicted octanol–water partition coefficient (Wildman–Crippen LogP) is 2.98. The summed E-state index contributed by atoms with van der Waals surface area (Å²) < 4.78 is 0. The van der Waals surface area contributed by atoms with Crippen molar-refractivity contribution in [1.29, 1.82) is 0 Å². The maximum Gasteiger partial charge on any atom is 0.251 e. The molecular formula is C17H19NO2. The van der Waals surface area contributed by atoms with E-state index < -0.39 is 0 Å². The smallest absolute Gasteiger partial charge is 0.251 e. The van der Waals surface area contributed by atoms with Crippen molar-refractivity contribution in [2.24, 2.45) is 0 Å². The van der Waals surface area contributed by atoms with Crippen molar-refractivity contribution in [3.63, 3.8) is 0 Å². The highest BCUT2D eigenvalue weighted by Crippen LogP contribution is 2.22.